The number of para-hydroxylation sites is 1. The van der Waals surface area contributed by atoms with Crippen LogP contribution in [0.5, 0.6) is 0 Å². The molecule has 8 heteroatoms. The van der Waals surface area contributed by atoms with Gasteiger partial charge < -0.3 is 15.2 Å². The lowest BCUT2D eigenvalue weighted by molar-refractivity contribution is 0.0952. The van der Waals surface area contributed by atoms with Crippen molar-refractivity contribution in [2.45, 2.75) is 0 Å². The van der Waals surface area contributed by atoms with Crippen LogP contribution in [-0.2, 0) is 0 Å². The number of hydrogen-bond acceptors (Lipinski definition) is 3. The van der Waals surface area contributed by atoms with Crippen LogP contribution in [0.15, 0.2) is 42.5 Å². The predicted molar refractivity (Wildman–Crippen MR) is 112 cm³/mol. The van der Waals surface area contributed by atoms with Crippen molar-refractivity contribution in [3.63, 3.8) is 0 Å². The molecule has 3 aromatic rings. The van der Waals surface area contributed by atoms with Crippen LogP contribution in [-0.4, -0.2) is 48.0 Å². The van der Waals surface area contributed by atoms with Gasteiger partial charge in [-0.05, 0) is 38.4 Å². The van der Waals surface area contributed by atoms with Gasteiger partial charge in [0.25, 0.3) is 5.91 Å². The molecule has 0 aliphatic rings. The summed E-state index contributed by atoms with van der Waals surface area (Å²) in [5, 5.41) is 3.57. The summed E-state index contributed by atoms with van der Waals surface area (Å²) in [6, 6.07) is 13.0. The first-order valence-corrected chi connectivity index (χ1v) is 8.10. The number of carbonyl (C=O) groups is 1. The lowest BCUT2D eigenvalue weighted by atomic mass is 10.1. The van der Waals surface area contributed by atoms with E-state index < -0.39 is 0 Å². The molecule has 0 saturated carbocycles. The van der Waals surface area contributed by atoms with Crippen molar-refractivity contribution < 1.29 is 4.79 Å². The minimum Gasteiger partial charge on any atom is -0.351 e. The molecule has 0 atom stereocenters. The fraction of sp³-hybridized carbons (Fsp3) is 0.222. The summed E-state index contributed by atoms with van der Waals surface area (Å²) in [5.41, 5.74) is 2.94. The zero-order valence-corrected chi connectivity index (χ0v) is 16.8. The highest BCUT2D eigenvalue weighted by atomic mass is 35.5. The molecule has 0 spiro atoms. The summed E-state index contributed by atoms with van der Waals surface area (Å²) in [5.74, 6) is 0.577. The number of H-pyrrole nitrogens is 1. The van der Waals surface area contributed by atoms with Gasteiger partial charge in [0, 0.05) is 23.7 Å². The van der Waals surface area contributed by atoms with E-state index in [1.165, 1.54) is 0 Å². The highest BCUT2D eigenvalue weighted by Crippen LogP contribution is 2.24. The van der Waals surface area contributed by atoms with Crippen molar-refractivity contribution >= 4 is 53.4 Å². The van der Waals surface area contributed by atoms with Crippen molar-refractivity contribution in [3.05, 3.63) is 53.1 Å². The highest BCUT2D eigenvalue weighted by Gasteiger charge is 2.14. The van der Waals surface area contributed by atoms with E-state index in [0.29, 0.717) is 28.5 Å². The number of halogens is 3. The topological polar surface area (TPSA) is 61.0 Å². The Hall–Kier alpha value is -1.79. The summed E-state index contributed by atoms with van der Waals surface area (Å²) in [7, 11) is 3.94. The Bertz CT molecular complexity index is 880. The number of carbonyl (C=O) groups excluding carboxylic acids is 1. The van der Waals surface area contributed by atoms with Gasteiger partial charge in [-0.25, -0.2) is 4.98 Å². The van der Waals surface area contributed by atoms with Crippen LogP contribution in [0.3, 0.4) is 0 Å². The van der Waals surface area contributed by atoms with Gasteiger partial charge in [-0.2, -0.15) is 0 Å². The predicted octanol–water partition coefficient (Wildman–Crippen LogP) is 4.02. The Morgan fingerprint density at radius 1 is 1.19 bits per heavy atom. The average Bonchev–Trinajstić information content (AvgIpc) is 2.98. The Balaban J connectivity index is 0.00000169. The first kappa shape index (κ1) is 22.3. The number of fused-ring (bicyclic) bond motifs is 1. The zero-order chi connectivity index (χ0) is 17.1. The van der Waals surface area contributed by atoms with Crippen molar-refractivity contribution in [1.29, 1.82) is 0 Å². The third kappa shape index (κ3) is 5.11. The minimum absolute atomic E-state index is 0. The maximum atomic E-state index is 12.4. The molecule has 3 rings (SSSR count). The second-order valence-electron chi connectivity index (χ2n) is 5.86. The summed E-state index contributed by atoms with van der Waals surface area (Å²) < 4.78 is 0. The SMILES string of the molecule is CN(C)CCNC(=O)c1cccc2[nH]c(-c3cccc(Cl)c3)nc12.Cl.Cl. The van der Waals surface area contributed by atoms with E-state index >= 15 is 0 Å². The number of aromatic nitrogens is 2. The van der Waals surface area contributed by atoms with Crippen molar-refractivity contribution in [2.75, 3.05) is 27.2 Å². The Labute approximate surface area is 170 Å². The number of hydrogen-bond donors (Lipinski definition) is 2. The van der Waals surface area contributed by atoms with Gasteiger partial charge >= 0.3 is 0 Å². The van der Waals surface area contributed by atoms with Crippen LogP contribution in [0.2, 0.25) is 5.02 Å². The number of nitrogens with one attached hydrogen (secondary N) is 2. The molecule has 0 bridgehead atoms. The van der Waals surface area contributed by atoms with Crippen LogP contribution < -0.4 is 5.32 Å². The maximum absolute atomic E-state index is 12.4. The number of benzene rings is 2. The molecule has 140 valence electrons. The van der Waals surface area contributed by atoms with Crippen LogP contribution in [0.4, 0.5) is 0 Å². The fourth-order valence-electron chi connectivity index (χ4n) is 2.48. The van der Waals surface area contributed by atoms with Crippen molar-refractivity contribution in [1.82, 2.24) is 20.2 Å². The normalized spacial score (nSPS) is 10.3. The van der Waals surface area contributed by atoms with Crippen LogP contribution in [0, 0.1) is 0 Å². The smallest absolute Gasteiger partial charge is 0.253 e. The van der Waals surface area contributed by atoms with E-state index in [4.69, 9.17) is 11.6 Å². The van der Waals surface area contributed by atoms with Crippen molar-refractivity contribution in [3.8, 4) is 11.4 Å². The lowest BCUT2D eigenvalue weighted by Gasteiger charge is -2.10. The molecule has 1 aromatic heterocycles. The number of nitrogens with zero attached hydrogens (tertiary/aromatic N) is 2. The molecule has 2 N–H and O–H groups in total. The molecule has 5 nitrogen and oxygen atoms in total. The average molecular weight is 416 g/mol. The van der Waals surface area contributed by atoms with E-state index in [1.54, 1.807) is 6.07 Å². The number of imidazole rings is 1. The summed E-state index contributed by atoms with van der Waals surface area (Å²) >= 11 is 6.05. The van der Waals surface area contributed by atoms with Gasteiger partial charge in [0.2, 0.25) is 0 Å². The first-order chi connectivity index (χ1) is 11.5. The Morgan fingerprint density at radius 2 is 1.92 bits per heavy atom. The second kappa shape index (κ2) is 9.78. The van der Waals surface area contributed by atoms with E-state index in [1.807, 2.05) is 55.4 Å². The molecule has 2 aromatic carbocycles. The largest absolute Gasteiger partial charge is 0.351 e. The molecule has 0 aliphatic carbocycles. The monoisotopic (exact) mass is 414 g/mol. The molecular formula is C18H21Cl3N4O. The summed E-state index contributed by atoms with van der Waals surface area (Å²) in [4.78, 5) is 22.3. The number of aromatic amines is 1. The third-order valence-electron chi connectivity index (χ3n) is 3.70. The number of likely N-dealkylation sites (N-methyl/N-ethyl adjacent to an activating group) is 1. The van der Waals surface area contributed by atoms with Gasteiger partial charge in [0.1, 0.15) is 11.3 Å². The number of amides is 1. The first-order valence-electron chi connectivity index (χ1n) is 7.72. The van der Waals surface area contributed by atoms with Gasteiger partial charge in [-0.15, -0.1) is 24.8 Å². The highest BCUT2D eigenvalue weighted by molar-refractivity contribution is 6.30. The molecule has 1 heterocycles. The van der Waals surface area contributed by atoms with Crippen molar-refractivity contribution in [2.24, 2.45) is 0 Å². The quantitative estimate of drug-likeness (QED) is 0.661. The van der Waals surface area contributed by atoms with Gasteiger partial charge in [-0.1, -0.05) is 29.8 Å². The molecular weight excluding hydrogens is 395 g/mol. The molecule has 0 radical (unpaired) electrons. The Kier molecular flexibility index (Phi) is 8.37. The van der Waals surface area contributed by atoms with Gasteiger partial charge in [-0.3, -0.25) is 4.79 Å². The van der Waals surface area contributed by atoms with Crippen LogP contribution in [0.1, 0.15) is 10.4 Å². The zero-order valence-electron chi connectivity index (χ0n) is 14.5. The maximum Gasteiger partial charge on any atom is 0.253 e. The standard InChI is InChI=1S/C18H19ClN4O.2ClH/c1-23(2)10-9-20-18(24)14-7-4-8-15-16(14)22-17(21-15)12-5-3-6-13(19)11-12;;/h3-8,11H,9-10H2,1-2H3,(H,20,24)(H,21,22);2*1H. The fourth-order valence-corrected chi connectivity index (χ4v) is 2.67. The summed E-state index contributed by atoms with van der Waals surface area (Å²) in [6.07, 6.45) is 0. The second-order valence-corrected chi connectivity index (χ2v) is 6.29. The van der Waals surface area contributed by atoms with E-state index in [2.05, 4.69) is 15.3 Å². The van der Waals surface area contributed by atoms with E-state index in [9.17, 15) is 4.79 Å². The number of rotatable bonds is 5. The Morgan fingerprint density at radius 3 is 2.62 bits per heavy atom. The third-order valence-corrected chi connectivity index (χ3v) is 3.94. The lowest BCUT2D eigenvalue weighted by Crippen LogP contribution is -2.31. The molecule has 0 aliphatic heterocycles. The van der Waals surface area contributed by atoms with Crippen LogP contribution in [0.25, 0.3) is 22.4 Å². The van der Waals surface area contributed by atoms with Gasteiger partial charge in [0.05, 0.1) is 11.1 Å². The minimum atomic E-state index is -0.119. The van der Waals surface area contributed by atoms with Crippen LogP contribution >= 0.6 is 36.4 Å². The summed E-state index contributed by atoms with van der Waals surface area (Å²) in [6.45, 7) is 1.38. The molecule has 0 fully saturated rings. The van der Waals surface area contributed by atoms with E-state index in [-0.39, 0.29) is 30.7 Å². The molecule has 0 unspecified atom stereocenters. The molecule has 26 heavy (non-hydrogen) atoms. The van der Waals surface area contributed by atoms with E-state index in [0.717, 1.165) is 17.6 Å². The molecule has 1 amide bonds. The van der Waals surface area contributed by atoms with Gasteiger partial charge in [0.15, 0.2) is 0 Å². The molecule has 0 saturated heterocycles.